The first-order chi connectivity index (χ1) is 8.69. The number of halogens is 1. The molecule has 0 radical (unpaired) electrons. The summed E-state index contributed by atoms with van der Waals surface area (Å²) in [6.07, 6.45) is 2.80. The molecular weight excluding hydrogens is 290 g/mol. The molecule has 0 saturated carbocycles. The monoisotopic (exact) mass is 305 g/mol. The Bertz CT molecular complexity index is 523. The molecule has 1 aromatic heterocycles. The molecule has 94 valence electrons. The maximum absolute atomic E-state index is 5.88. The lowest BCUT2D eigenvalue weighted by Gasteiger charge is -2.09. The summed E-state index contributed by atoms with van der Waals surface area (Å²) in [5.74, 6) is 0.720. The number of nitrogens with two attached hydrogens (primary N) is 1. The maximum Gasteiger partial charge on any atom is 0.149 e. The molecule has 0 atom stereocenters. The second-order valence-electron chi connectivity index (χ2n) is 4.11. The first-order valence-electron chi connectivity index (χ1n) is 5.91. The number of aryl methyl sites for hydroxylation is 1. The summed E-state index contributed by atoms with van der Waals surface area (Å²) in [7, 11) is 0. The number of anilines is 2. The SMILES string of the molecule is CCc1ccc(CNc2ncc(Br)cc2N)cc1. The number of hydrogen-bond acceptors (Lipinski definition) is 3. The minimum absolute atomic E-state index is 0.648. The molecule has 0 saturated heterocycles. The smallest absolute Gasteiger partial charge is 0.149 e. The number of aromatic nitrogens is 1. The van der Waals surface area contributed by atoms with Crippen LogP contribution in [0.15, 0.2) is 41.0 Å². The van der Waals surface area contributed by atoms with Gasteiger partial charge in [0.1, 0.15) is 5.82 Å². The van der Waals surface area contributed by atoms with E-state index in [1.165, 1.54) is 11.1 Å². The molecule has 3 N–H and O–H groups in total. The van der Waals surface area contributed by atoms with Crippen LogP contribution in [-0.4, -0.2) is 4.98 Å². The molecule has 2 rings (SSSR count). The predicted octanol–water partition coefficient (Wildman–Crippen LogP) is 3.60. The average molecular weight is 306 g/mol. The quantitative estimate of drug-likeness (QED) is 0.907. The van der Waals surface area contributed by atoms with Crippen LogP contribution < -0.4 is 11.1 Å². The van der Waals surface area contributed by atoms with Crippen molar-refractivity contribution < 1.29 is 0 Å². The van der Waals surface area contributed by atoms with E-state index >= 15 is 0 Å². The number of nitrogen functional groups attached to an aromatic ring is 1. The van der Waals surface area contributed by atoms with E-state index in [4.69, 9.17) is 5.73 Å². The summed E-state index contributed by atoms with van der Waals surface area (Å²) in [5, 5.41) is 3.24. The zero-order valence-electron chi connectivity index (χ0n) is 10.3. The van der Waals surface area contributed by atoms with Gasteiger partial charge in [0.25, 0.3) is 0 Å². The Hall–Kier alpha value is -1.55. The summed E-state index contributed by atoms with van der Waals surface area (Å²) < 4.78 is 0.887. The van der Waals surface area contributed by atoms with Gasteiger partial charge in [0, 0.05) is 17.2 Å². The summed E-state index contributed by atoms with van der Waals surface area (Å²) in [6, 6.07) is 10.4. The molecule has 0 bridgehead atoms. The third-order valence-electron chi connectivity index (χ3n) is 2.77. The molecule has 3 nitrogen and oxygen atoms in total. The van der Waals surface area contributed by atoms with Gasteiger partial charge in [0.2, 0.25) is 0 Å². The lowest BCUT2D eigenvalue weighted by molar-refractivity contribution is 1.09. The van der Waals surface area contributed by atoms with Crippen LogP contribution in [0.2, 0.25) is 0 Å². The van der Waals surface area contributed by atoms with Crippen molar-refractivity contribution in [3.05, 3.63) is 52.1 Å². The van der Waals surface area contributed by atoms with Crippen molar-refractivity contribution in [2.45, 2.75) is 19.9 Å². The Kier molecular flexibility index (Phi) is 4.20. The highest BCUT2D eigenvalue weighted by Crippen LogP contribution is 2.20. The highest BCUT2D eigenvalue weighted by Gasteiger charge is 2.01. The van der Waals surface area contributed by atoms with E-state index in [0.29, 0.717) is 5.69 Å². The molecule has 0 amide bonds. The normalized spacial score (nSPS) is 10.3. The van der Waals surface area contributed by atoms with Crippen LogP contribution in [0.5, 0.6) is 0 Å². The van der Waals surface area contributed by atoms with E-state index in [-0.39, 0.29) is 0 Å². The van der Waals surface area contributed by atoms with Crippen LogP contribution in [-0.2, 0) is 13.0 Å². The van der Waals surface area contributed by atoms with Gasteiger partial charge in [-0.1, -0.05) is 31.2 Å². The molecule has 1 aromatic carbocycles. The zero-order chi connectivity index (χ0) is 13.0. The van der Waals surface area contributed by atoms with Gasteiger partial charge in [-0.3, -0.25) is 0 Å². The summed E-state index contributed by atoms with van der Waals surface area (Å²) in [4.78, 5) is 4.24. The first kappa shape index (κ1) is 12.9. The van der Waals surface area contributed by atoms with Crippen LogP contribution in [0.3, 0.4) is 0 Å². The van der Waals surface area contributed by atoms with E-state index in [1.807, 2.05) is 6.07 Å². The van der Waals surface area contributed by atoms with Gasteiger partial charge in [-0.25, -0.2) is 4.98 Å². The Morgan fingerprint density at radius 1 is 1.22 bits per heavy atom. The molecule has 1 heterocycles. The van der Waals surface area contributed by atoms with Gasteiger partial charge >= 0.3 is 0 Å². The third-order valence-corrected chi connectivity index (χ3v) is 3.21. The lowest BCUT2D eigenvalue weighted by atomic mass is 10.1. The minimum atomic E-state index is 0.648. The van der Waals surface area contributed by atoms with E-state index in [0.717, 1.165) is 23.3 Å². The Morgan fingerprint density at radius 2 is 1.89 bits per heavy atom. The number of rotatable bonds is 4. The van der Waals surface area contributed by atoms with Gasteiger partial charge in [-0.15, -0.1) is 0 Å². The topological polar surface area (TPSA) is 50.9 Å². The summed E-state index contributed by atoms with van der Waals surface area (Å²) in [5.41, 5.74) is 9.09. The van der Waals surface area contributed by atoms with Gasteiger partial charge in [-0.05, 0) is 39.5 Å². The van der Waals surface area contributed by atoms with Gasteiger partial charge < -0.3 is 11.1 Å². The van der Waals surface area contributed by atoms with Gasteiger partial charge in [0.15, 0.2) is 0 Å². The van der Waals surface area contributed by atoms with E-state index in [9.17, 15) is 0 Å². The van der Waals surface area contributed by atoms with Gasteiger partial charge in [-0.2, -0.15) is 0 Å². The third kappa shape index (κ3) is 3.23. The molecule has 0 aliphatic rings. The largest absolute Gasteiger partial charge is 0.396 e. The molecule has 0 aliphatic carbocycles. The molecular formula is C14H16BrN3. The fourth-order valence-electron chi connectivity index (χ4n) is 1.68. The van der Waals surface area contributed by atoms with Crippen LogP contribution >= 0.6 is 15.9 Å². The van der Waals surface area contributed by atoms with Crippen LogP contribution in [0, 0.1) is 0 Å². The highest BCUT2D eigenvalue weighted by molar-refractivity contribution is 9.10. The Morgan fingerprint density at radius 3 is 2.50 bits per heavy atom. The fourth-order valence-corrected chi connectivity index (χ4v) is 2.03. The molecule has 18 heavy (non-hydrogen) atoms. The van der Waals surface area contributed by atoms with E-state index in [1.54, 1.807) is 6.20 Å². The van der Waals surface area contributed by atoms with Crippen molar-refractivity contribution in [2.75, 3.05) is 11.1 Å². The predicted molar refractivity (Wildman–Crippen MR) is 79.5 cm³/mol. The van der Waals surface area contributed by atoms with Crippen molar-refractivity contribution in [1.29, 1.82) is 0 Å². The van der Waals surface area contributed by atoms with Crippen molar-refractivity contribution in [2.24, 2.45) is 0 Å². The second kappa shape index (κ2) is 5.87. The van der Waals surface area contributed by atoms with Crippen molar-refractivity contribution in [1.82, 2.24) is 4.98 Å². The number of hydrogen-bond donors (Lipinski definition) is 2. The van der Waals surface area contributed by atoms with Crippen LogP contribution in [0.25, 0.3) is 0 Å². The minimum Gasteiger partial charge on any atom is -0.396 e. The molecule has 0 unspecified atom stereocenters. The van der Waals surface area contributed by atoms with Gasteiger partial charge in [0.05, 0.1) is 5.69 Å². The average Bonchev–Trinajstić information content (AvgIpc) is 2.38. The van der Waals surface area contributed by atoms with E-state index in [2.05, 4.69) is 57.4 Å². The molecule has 2 aromatic rings. The van der Waals surface area contributed by atoms with Crippen molar-refractivity contribution in [3.8, 4) is 0 Å². The fraction of sp³-hybridized carbons (Fsp3) is 0.214. The van der Waals surface area contributed by atoms with Crippen molar-refractivity contribution >= 4 is 27.4 Å². The number of nitrogens with zero attached hydrogens (tertiary/aromatic N) is 1. The Balaban J connectivity index is 2.02. The zero-order valence-corrected chi connectivity index (χ0v) is 11.9. The Labute approximate surface area is 116 Å². The van der Waals surface area contributed by atoms with Crippen LogP contribution in [0.1, 0.15) is 18.1 Å². The van der Waals surface area contributed by atoms with Crippen molar-refractivity contribution in [3.63, 3.8) is 0 Å². The molecule has 0 fully saturated rings. The molecule has 4 heteroatoms. The standard InChI is InChI=1S/C14H16BrN3/c1-2-10-3-5-11(6-4-10)8-17-14-13(16)7-12(15)9-18-14/h3-7,9H,2,8,16H2,1H3,(H,17,18). The van der Waals surface area contributed by atoms with Crippen LogP contribution in [0.4, 0.5) is 11.5 Å². The number of benzene rings is 1. The van der Waals surface area contributed by atoms with E-state index < -0.39 is 0 Å². The molecule has 0 aliphatic heterocycles. The highest BCUT2D eigenvalue weighted by atomic mass is 79.9. The number of pyridine rings is 1. The number of nitrogens with one attached hydrogen (secondary N) is 1. The molecule has 0 spiro atoms. The maximum atomic E-state index is 5.88. The second-order valence-corrected chi connectivity index (χ2v) is 5.03. The summed E-state index contributed by atoms with van der Waals surface area (Å²) in [6.45, 7) is 2.88. The lowest BCUT2D eigenvalue weighted by Crippen LogP contribution is -2.04. The summed E-state index contributed by atoms with van der Waals surface area (Å²) >= 11 is 3.34. The first-order valence-corrected chi connectivity index (χ1v) is 6.71.